The first kappa shape index (κ1) is 14.4. The maximum Gasteiger partial charge on any atom is 0.251 e. The van der Waals surface area contributed by atoms with Crippen LogP contribution in [-0.2, 0) is 6.54 Å². The molecule has 0 aromatic heterocycles. The third kappa shape index (κ3) is 4.00. The van der Waals surface area contributed by atoms with Crippen molar-refractivity contribution in [3.8, 4) is 5.75 Å². The number of carbonyl (C=O) groups excluding carboxylic acids is 1. The van der Waals surface area contributed by atoms with Crippen LogP contribution >= 0.6 is 11.6 Å². The van der Waals surface area contributed by atoms with Crippen LogP contribution in [0.1, 0.15) is 22.8 Å². The molecule has 2 aromatic rings. The molecule has 2 aromatic carbocycles. The molecule has 0 aliphatic carbocycles. The number of ether oxygens (including phenoxy) is 1. The number of amides is 1. The lowest BCUT2D eigenvalue weighted by molar-refractivity contribution is 0.0951. The number of hydrogen-bond acceptors (Lipinski definition) is 2. The van der Waals surface area contributed by atoms with Gasteiger partial charge in [-0.15, -0.1) is 0 Å². The molecule has 0 fully saturated rings. The molecule has 3 nitrogen and oxygen atoms in total. The molecule has 0 aliphatic heterocycles. The van der Waals surface area contributed by atoms with Crippen molar-refractivity contribution in [3.63, 3.8) is 0 Å². The lowest BCUT2D eigenvalue weighted by Crippen LogP contribution is -2.22. The highest BCUT2D eigenvalue weighted by Gasteiger charge is 2.05. The number of carbonyl (C=O) groups is 1. The molecule has 0 saturated heterocycles. The van der Waals surface area contributed by atoms with Crippen LogP contribution in [0.4, 0.5) is 0 Å². The molecule has 104 valence electrons. The summed E-state index contributed by atoms with van der Waals surface area (Å²) in [6.45, 7) is 3.01. The first-order chi connectivity index (χ1) is 9.69. The predicted molar refractivity (Wildman–Crippen MR) is 80.2 cm³/mol. The van der Waals surface area contributed by atoms with E-state index in [0.717, 1.165) is 11.3 Å². The highest BCUT2D eigenvalue weighted by molar-refractivity contribution is 6.30. The molecule has 1 amide bonds. The van der Waals surface area contributed by atoms with Crippen molar-refractivity contribution in [1.29, 1.82) is 0 Å². The molecule has 0 spiro atoms. The smallest absolute Gasteiger partial charge is 0.251 e. The van der Waals surface area contributed by atoms with Gasteiger partial charge in [-0.3, -0.25) is 4.79 Å². The molecule has 0 heterocycles. The second-order valence-electron chi connectivity index (χ2n) is 4.27. The van der Waals surface area contributed by atoms with Gasteiger partial charge in [-0.1, -0.05) is 23.7 Å². The van der Waals surface area contributed by atoms with Gasteiger partial charge in [-0.25, -0.2) is 0 Å². The van der Waals surface area contributed by atoms with Crippen molar-refractivity contribution >= 4 is 17.5 Å². The number of hydrogen-bond donors (Lipinski definition) is 1. The van der Waals surface area contributed by atoms with Gasteiger partial charge in [0.05, 0.1) is 6.61 Å². The zero-order valence-corrected chi connectivity index (χ0v) is 12.0. The number of benzene rings is 2. The van der Waals surface area contributed by atoms with Crippen molar-refractivity contribution in [2.45, 2.75) is 13.5 Å². The minimum atomic E-state index is -0.108. The minimum Gasteiger partial charge on any atom is -0.494 e. The lowest BCUT2D eigenvalue weighted by Gasteiger charge is -2.07. The van der Waals surface area contributed by atoms with Gasteiger partial charge in [0.25, 0.3) is 5.91 Å². The zero-order chi connectivity index (χ0) is 14.4. The molecule has 0 radical (unpaired) electrons. The van der Waals surface area contributed by atoms with E-state index in [0.29, 0.717) is 23.7 Å². The third-order valence-corrected chi connectivity index (χ3v) is 3.05. The van der Waals surface area contributed by atoms with Crippen LogP contribution in [-0.4, -0.2) is 12.5 Å². The van der Waals surface area contributed by atoms with Crippen LogP contribution in [0.15, 0.2) is 48.5 Å². The second-order valence-corrected chi connectivity index (χ2v) is 4.70. The van der Waals surface area contributed by atoms with Gasteiger partial charge in [0.1, 0.15) is 5.75 Å². The number of nitrogens with one attached hydrogen (secondary N) is 1. The van der Waals surface area contributed by atoms with E-state index in [9.17, 15) is 4.79 Å². The quantitative estimate of drug-likeness (QED) is 0.912. The Balaban J connectivity index is 1.92. The van der Waals surface area contributed by atoms with Crippen LogP contribution < -0.4 is 10.1 Å². The van der Waals surface area contributed by atoms with Gasteiger partial charge in [-0.05, 0) is 48.9 Å². The first-order valence-electron chi connectivity index (χ1n) is 6.44. The van der Waals surface area contributed by atoms with E-state index in [1.807, 2.05) is 19.1 Å². The lowest BCUT2D eigenvalue weighted by atomic mass is 10.2. The molecular weight excluding hydrogens is 274 g/mol. The second kappa shape index (κ2) is 6.96. The van der Waals surface area contributed by atoms with E-state index in [1.165, 1.54) is 0 Å². The van der Waals surface area contributed by atoms with Crippen molar-refractivity contribution < 1.29 is 9.53 Å². The molecule has 2 rings (SSSR count). The average molecular weight is 290 g/mol. The molecule has 4 heteroatoms. The average Bonchev–Trinajstić information content (AvgIpc) is 2.47. The van der Waals surface area contributed by atoms with Gasteiger partial charge in [0.2, 0.25) is 0 Å². The van der Waals surface area contributed by atoms with Crippen LogP contribution in [0.3, 0.4) is 0 Å². The van der Waals surface area contributed by atoms with E-state index < -0.39 is 0 Å². The van der Waals surface area contributed by atoms with E-state index in [-0.39, 0.29) is 5.91 Å². The summed E-state index contributed by atoms with van der Waals surface area (Å²) >= 11 is 5.81. The van der Waals surface area contributed by atoms with Gasteiger partial charge in [0, 0.05) is 17.1 Å². The topological polar surface area (TPSA) is 38.3 Å². The van der Waals surface area contributed by atoms with Gasteiger partial charge >= 0.3 is 0 Å². The molecule has 0 unspecified atom stereocenters. The zero-order valence-electron chi connectivity index (χ0n) is 11.2. The first-order valence-corrected chi connectivity index (χ1v) is 6.82. The Morgan fingerprint density at radius 3 is 2.35 bits per heavy atom. The summed E-state index contributed by atoms with van der Waals surface area (Å²) in [4.78, 5) is 12.0. The molecule has 0 aliphatic rings. The monoisotopic (exact) mass is 289 g/mol. The summed E-state index contributed by atoms with van der Waals surface area (Å²) in [5.74, 6) is 0.657. The molecule has 0 atom stereocenters. The van der Waals surface area contributed by atoms with E-state index >= 15 is 0 Å². The van der Waals surface area contributed by atoms with Crippen molar-refractivity contribution in [2.24, 2.45) is 0 Å². The van der Waals surface area contributed by atoms with Crippen molar-refractivity contribution in [2.75, 3.05) is 6.61 Å². The predicted octanol–water partition coefficient (Wildman–Crippen LogP) is 3.67. The maximum atomic E-state index is 12.0. The normalized spacial score (nSPS) is 10.1. The number of rotatable bonds is 5. The maximum absolute atomic E-state index is 12.0. The summed E-state index contributed by atoms with van der Waals surface area (Å²) in [6, 6.07) is 14.5. The molecule has 0 bridgehead atoms. The SMILES string of the molecule is CCOc1ccc(C(=O)NCc2ccc(Cl)cc2)cc1. The van der Waals surface area contributed by atoms with Gasteiger partial charge in [0.15, 0.2) is 0 Å². The Morgan fingerprint density at radius 2 is 1.75 bits per heavy atom. The Hall–Kier alpha value is -2.00. The fraction of sp³-hybridized carbons (Fsp3) is 0.188. The van der Waals surface area contributed by atoms with E-state index in [1.54, 1.807) is 36.4 Å². The third-order valence-electron chi connectivity index (χ3n) is 2.79. The van der Waals surface area contributed by atoms with Crippen LogP contribution in [0.2, 0.25) is 5.02 Å². The van der Waals surface area contributed by atoms with Crippen LogP contribution in [0.25, 0.3) is 0 Å². The summed E-state index contributed by atoms with van der Waals surface area (Å²) < 4.78 is 5.34. The Labute approximate surface area is 123 Å². The van der Waals surface area contributed by atoms with Crippen molar-refractivity contribution in [1.82, 2.24) is 5.32 Å². The van der Waals surface area contributed by atoms with Gasteiger partial charge < -0.3 is 10.1 Å². The highest BCUT2D eigenvalue weighted by atomic mass is 35.5. The Morgan fingerprint density at radius 1 is 1.10 bits per heavy atom. The molecule has 20 heavy (non-hydrogen) atoms. The number of halogens is 1. The van der Waals surface area contributed by atoms with Gasteiger partial charge in [-0.2, -0.15) is 0 Å². The summed E-state index contributed by atoms with van der Waals surface area (Å²) in [5.41, 5.74) is 1.62. The fourth-order valence-corrected chi connectivity index (χ4v) is 1.88. The standard InChI is InChI=1S/C16H16ClNO2/c1-2-20-15-9-5-13(6-10-15)16(19)18-11-12-3-7-14(17)8-4-12/h3-10H,2,11H2,1H3,(H,18,19). The van der Waals surface area contributed by atoms with Crippen LogP contribution in [0.5, 0.6) is 5.75 Å². The fourth-order valence-electron chi connectivity index (χ4n) is 1.76. The summed E-state index contributed by atoms with van der Waals surface area (Å²) in [6.07, 6.45) is 0. The minimum absolute atomic E-state index is 0.108. The summed E-state index contributed by atoms with van der Waals surface area (Å²) in [5, 5.41) is 3.55. The molecule has 1 N–H and O–H groups in total. The largest absolute Gasteiger partial charge is 0.494 e. The van der Waals surface area contributed by atoms with E-state index in [4.69, 9.17) is 16.3 Å². The van der Waals surface area contributed by atoms with Crippen LogP contribution in [0, 0.1) is 0 Å². The molecule has 0 saturated carbocycles. The summed E-state index contributed by atoms with van der Waals surface area (Å²) in [7, 11) is 0. The highest BCUT2D eigenvalue weighted by Crippen LogP contribution is 2.12. The van der Waals surface area contributed by atoms with E-state index in [2.05, 4.69) is 5.32 Å². The Kier molecular flexibility index (Phi) is 5.02. The van der Waals surface area contributed by atoms with Crippen molar-refractivity contribution in [3.05, 3.63) is 64.7 Å². The Bertz CT molecular complexity index is 564. The molecular formula is C16H16ClNO2.